The number of hydrogen-bond donors (Lipinski definition) is 2. The molecule has 0 spiro atoms. The van der Waals surface area contributed by atoms with Crippen molar-refractivity contribution in [3.05, 3.63) is 47.1 Å². The van der Waals surface area contributed by atoms with Crippen LogP contribution in [0.1, 0.15) is 31.4 Å². The number of nitrogens with zero attached hydrogens (tertiary/aromatic N) is 7. The van der Waals surface area contributed by atoms with Gasteiger partial charge >= 0.3 is 0 Å². The first-order chi connectivity index (χ1) is 16.3. The van der Waals surface area contributed by atoms with Crippen LogP contribution in [0.15, 0.2) is 41.4 Å². The molecule has 4 aromatic rings. The Morgan fingerprint density at radius 1 is 1.18 bits per heavy atom. The van der Waals surface area contributed by atoms with E-state index in [9.17, 15) is 9.90 Å². The van der Waals surface area contributed by atoms with E-state index in [2.05, 4.69) is 31.1 Å². The number of aliphatic hydroxyl groups excluding tert-OH is 1. The molecule has 5 heterocycles. The molecule has 11 heteroatoms. The average Bonchev–Trinajstić information content (AvgIpc) is 3.47. The highest BCUT2D eigenvalue weighted by molar-refractivity contribution is 9.10. The maximum Gasteiger partial charge on any atom is 0.251 e. The molecule has 5 rings (SSSR count). The summed E-state index contributed by atoms with van der Waals surface area (Å²) in [6, 6.07) is 3.94. The van der Waals surface area contributed by atoms with Crippen molar-refractivity contribution in [2.45, 2.75) is 31.8 Å². The molecule has 0 aromatic carbocycles. The van der Waals surface area contributed by atoms with E-state index in [1.165, 1.54) is 6.92 Å². The van der Waals surface area contributed by atoms with E-state index in [-0.39, 0.29) is 11.8 Å². The van der Waals surface area contributed by atoms with E-state index in [1.54, 1.807) is 32.7 Å². The summed E-state index contributed by atoms with van der Waals surface area (Å²) in [5.74, 6) is 0.378. The lowest BCUT2D eigenvalue weighted by molar-refractivity contribution is -0.140. The molecule has 0 unspecified atom stereocenters. The Morgan fingerprint density at radius 3 is 2.56 bits per heavy atom. The Bertz CT molecular complexity index is 1350. The Labute approximate surface area is 204 Å². The lowest BCUT2D eigenvalue weighted by Gasteiger charge is -2.33. The Morgan fingerprint density at radius 2 is 1.94 bits per heavy atom. The fraction of sp³-hybridized carbons (Fsp3) is 0.348. The van der Waals surface area contributed by atoms with Crippen molar-refractivity contribution >= 4 is 33.3 Å². The number of pyridine rings is 1. The van der Waals surface area contributed by atoms with Crippen molar-refractivity contribution in [3.8, 4) is 22.4 Å². The highest BCUT2D eigenvalue weighted by atomic mass is 79.9. The van der Waals surface area contributed by atoms with Crippen molar-refractivity contribution < 1.29 is 9.90 Å². The van der Waals surface area contributed by atoms with E-state index >= 15 is 0 Å². The van der Waals surface area contributed by atoms with Crippen molar-refractivity contribution in [2.24, 2.45) is 7.05 Å². The summed E-state index contributed by atoms with van der Waals surface area (Å²) in [6.07, 6.45) is 7.75. The molecule has 3 N–H and O–H groups in total. The topological polar surface area (TPSA) is 127 Å². The second-order valence-electron chi connectivity index (χ2n) is 8.60. The number of carbonyl (C=O) groups is 1. The number of nitrogens with two attached hydrogens (primary N) is 1. The van der Waals surface area contributed by atoms with Crippen molar-refractivity contribution in [3.63, 3.8) is 0 Å². The number of halogens is 1. The first kappa shape index (κ1) is 22.5. The first-order valence-corrected chi connectivity index (χ1v) is 11.9. The summed E-state index contributed by atoms with van der Waals surface area (Å²) < 4.78 is 4.09. The van der Waals surface area contributed by atoms with Gasteiger partial charge in [0, 0.05) is 55.1 Å². The summed E-state index contributed by atoms with van der Waals surface area (Å²) in [7, 11) is 1.87. The van der Waals surface area contributed by atoms with Gasteiger partial charge in [-0.05, 0) is 41.8 Å². The van der Waals surface area contributed by atoms with Crippen LogP contribution >= 0.6 is 15.9 Å². The van der Waals surface area contributed by atoms with Crippen LogP contribution in [-0.2, 0) is 11.8 Å². The lowest BCUT2D eigenvalue weighted by atomic mass is 9.93. The van der Waals surface area contributed by atoms with E-state index in [0.717, 1.165) is 45.4 Å². The third-order valence-corrected chi connectivity index (χ3v) is 7.09. The number of piperidine rings is 1. The minimum absolute atomic E-state index is 0.133. The molecule has 10 nitrogen and oxygen atoms in total. The van der Waals surface area contributed by atoms with Crippen molar-refractivity contribution in [2.75, 3.05) is 18.8 Å². The fourth-order valence-corrected chi connectivity index (χ4v) is 4.98. The van der Waals surface area contributed by atoms with Crippen molar-refractivity contribution in [1.29, 1.82) is 0 Å². The smallest absolute Gasteiger partial charge is 0.251 e. The molecule has 1 atom stereocenters. The van der Waals surface area contributed by atoms with E-state index in [1.807, 2.05) is 25.4 Å². The van der Waals surface area contributed by atoms with E-state index in [0.29, 0.717) is 24.6 Å². The molecule has 1 aliphatic rings. The maximum absolute atomic E-state index is 12.1. The third kappa shape index (κ3) is 3.94. The zero-order chi connectivity index (χ0) is 24.0. The third-order valence-electron chi connectivity index (χ3n) is 6.27. The van der Waals surface area contributed by atoms with Crippen LogP contribution in [0.4, 0.5) is 5.82 Å². The zero-order valence-corrected chi connectivity index (χ0v) is 20.5. The molecule has 0 radical (unpaired) electrons. The number of likely N-dealkylation sites (tertiary alicyclic amines) is 1. The van der Waals surface area contributed by atoms with Gasteiger partial charge in [-0.15, -0.1) is 0 Å². The molecule has 34 heavy (non-hydrogen) atoms. The Kier molecular flexibility index (Phi) is 5.82. The number of fused-ring (bicyclic) bond motifs is 1. The number of aryl methyl sites for hydroxylation is 1. The molecule has 0 aliphatic carbocycles. The molecule has 1 fully saturated rings. The molecule has 0 bridgehead atoms. The number of amides is 1. The Balaban J connectivity index is 1.46. The number of nitrogen functional groups attached to an aromatic ring is 1. The molecule has 1 aliphatic heterocycles. The molecule has 4 aromatic heterocycles. The van der Waals surface area contributed by atoms with Gasteiger partial charge in [0.15, 0.2) is 5.65 Å². The van der Waals surface area contributed by atoms with Crippen LogP contribution in [0, 0.1) is 0 Å². The quantitative estimate of drug-likeness (QED) is 0.419. The number of hydrogen-bond acceptors (Lipinski definition) is 7. The summed E-state index contributed by atoms with van der Waals surface area (Å²) in [4.78, 5) is 23.4. The predicted octanol–water partition coefficient (Wildman–Crippen LogP) is 2.62. The first-order valence-electron chi connectivity index (χ1n) is 11.1. The molecule has 0 saturated carbocycles. The number of aliphatic hydroxyl groups is 1. The number of carbonyl (C=O) groups excluding carboxylic acids is 1. The summed E-state index contributed by atoms with van der Waals surface area (Å²) >= 11 is 3.62. The van der Waals surface area contributed by atoms with Gasteiger partial charge in [-0.25, -0.2) is 4.98 Å². The van der Waals surface area contributed by atoms with Gasteiger partial charge < -0.3 is 15.7 Å². The van der Waals surface area contributed by atoms with Gasteiger partial charge in [0.25, 0.3) is 5.91 Å². The van der Waals surface area contributed by atoms with Gasteiger partial charge in [0.05, 0.1) is 28.3 Å². The van der Waals surface area contributed by atoms with Crippen LogP contribution in [0.3, 0.4) is 0 Å². The normalized spacial score (nSPS) is 15.7. The molecule has 176 valence electrons. The second-order valence-corrected chi connectivity index (χ2v) is 9.39. The standard InChI is InChI=1S/C23H25BrN8O2/c1-13(33)23(34)31-7-5-14(6-8-31)20-19(24)21(25)32-22(29-20)17(11-28-32)15-3-4-18(26-9-15)16-10-27-30(2)12-16/h3-4,9-14,33H,5-8,25H2,1-2H3/t13-/m1/s1. The highest BCUT2D eigenvalue weighted by Crippen LogP contribution is 2.37. The molecule has 1 saturated heterocycles. The molecular weight excluding hydrogens is 500 g/mol. The lowest BCUT2D eigenvalue weighted by Crippen LogP contribution is -2.42. The van der Waals surface area contributed by atoms with Crippen LogP contribution in [0.25, 0.3) is 28.0 Å². The van der Waals surface area contributed by atoms with Crippen LogP contribution in [-0.4, -0.2) is 64.5 Å². The summed E-state index contributed by atoms with van der Waals surface area (Å²) in [5.41, 5.74) is 11.5. The predicted molar refractivity (Wildman–Crippen MR) is 131 cm³/mol. The highest BCUT2D eigenvalue weighted by Gasteiger charge is 2.29. The van der Waals surface area contributed by atoms with Crippen LogP contribution < -0.4 is 5.73 Å². The van der Waals surface area contributed by atoms with Gasteiger partial charge in [0.2, 0.25) is 0 Å². The number of anilines is 1. The molecular formula is C23H25BrN8O2. The van der Waals surface area contributed by atoms with Crippen molar-refractivity contribution in [1.82, 2.24) is 34.3 Å². The summed E-state index contributed by atoms with van der Waals surface area (Å²) in [5, 5.41) is 18.3. The van der Waals surface area contributed by atoms with Gasteiger partial charge in [0.1, 0.15) is 11.9 Å². The average molecular weight is 525 g/mol. The largest absolute Gasteiger partial charge is 0.384 e. The monoisotopic (exact) mass is 524 g/mol. The van der Waals surface area contributed by atoms with E-state index < -0.39 is 6.10 Å². The van der Waals surface area contributed by atoms with Gasteiger partial charge in [-0.3, -0.25) is 14.5 Å². The Hall–Kier alpha value is -3.31. The number of rotatable bonds is 4. The minimum Gasteiger partial charge on any atom is -0.384 e. The van der Waals surface area contributed by atoms with Crippen LogP contribution in [0.2, 0.25) is 0 Å². The van der Waals surface area contributed by atoms with Gasteiger partial charge in [-0.2, -0.15) is 14.7 Å². The molecule has 1 amide bonds. The SMILES string of the molecule is C[C@@H](O)C(=O)N1CCC(c2nc3c(-c4ccc(-c5cnn(C)c5)nc4)cnn3c(N)c2Br)CC1. The van der Waals surface area contributed by atoms with Gasteiger partial charge in [-0.1, -0.05) is 6.07 Å². The van der Waals surface area contributed by atoms with E-state index in [4.69, 9.17) is 10.7 Å². The van der Waals surface area contributed by atoms with Crippen LogP contribution in [0.5, 0.6) is 0 Å². The zero-order valence-electron chi connectivity index (χ0n) is 18.9. The number of aromatic nitrogens is 6. The minimum atomic E-state index is -0.985. The maximum atomic E-state index is 12.1. The fourth-order valence-electron chi connectivity index (χ4n) is 4.40. The second kappa shape index (κ2) is 8.80. The summed E-state index contributed by atoms with van der Waals surface area (Å²) in [6.45, 7) is 2.64.